The zero-order chi connectivity index (χ0) is 17.9. The summed E-state index contributed by atoms with van der Waals surface area (Å²) in [5.74, 6) is -0.205. The molecule has 0 radical (unpaired) electrons. The second-order valence-corrected chi connectivity index (χ2v) is 6.18. The maximum atomic E-state index is 12.6. The Balaban J connectivity index is 1.49. The molecular formula is C18H15ClN6O. The molecule has 1 N–H and O–H groups in total. The summed E-state index contributed by atoms with van der Waals surface area (Å²) in [6.07, 6.45) is 3.44. The summed E-state index contributed by atoms with van der Waals surface area (Å²) in [6.45, 7) is 1.17. The quantitative estimate of drug-likeness (QED) is 0.589. The Morgan fingerprint density at radius 1 is 1.15 bits per heavy atom. The van der Waals surface area contributed by atoms with E-state index in [0.717, 1.165) is 5.52 Å². The van der Waals surface area contributed by atoms with Gasteiger partial charge >= 0.3 is 0 Å². The summed E-state index contributed by atoms with van der Waals surface area (Å²) in [6, 6.07) is 15.2. The van der Waals surface area contributed by atoms with E-state index < -0.39 is 0 Å². The summed E-state index contributed by atoms with van der Waals surface area (Å²) in [7, 11) is 0. The molecule has 0 saturated carbocycles. The Labute approximate surface area is 154 Å². The Morgan fingerprint density at radius 2 is 2.04 bits per heavy atom. The Kier molecular flexibility index (Phi) is 4.37. The number of hydrogen-bond donors (Lipinski definition) is 1. The van der Waals surface area contributed by atoms with Crippen molar-refractivity contribution in [3.8, 4) is 5.69 Å². The highest BCUT2D eigenvalue weighted by Gasteiger charge is 2.14. The van der Waals surface area contributed by atoms with Crippen LogP contribution in [0.3, 0.4) is 0 Å². The fraction of sp³-hybridized carbons (Fsp3) is 0.111. The normalized spacial score (nSPS) is 11.0. The number of rotatable bonds is 5. The van der Waals surface area contributed by atoms with Crippen molar-refractivity contribution in [2.45, 2.75) is 6.54 Å². The van der Waals surface area contributed by atoms with Crippen LogP contribution in [0.25, 0.3) is 16.6 Å². The third-order valence-electron chi connectivity index (χ3n) is 4.12. The van der Waals surface area contributed by atoms with Crippen molar-refractivity contribution in [2.75, 3.05) is 6.54 Å². The van der Waals surface area contributed by atoms with Crippen molar-refractivity contribution in [3.63, 3.8) is 0 Å². The van der Waals surface area contributed by atoms with Crippen LogP contribution in [0.5, 0.6) is 0 Å². The molecule has 4 aromatic rings. The third kappa shape index (κ3) is 3.16. The lowest BCUT2D eigenvalue weighted by Crippen LogP contribution is -2.28. The molecule has 0 aliphatic rings. The molecule has 0 aliphatic carbocycles. The number of hydrogen-bond acceptors (Lipinski definition) is 4. The van der Waals surface area contributed by atoms with E-state index in [9.17, 15) is 4.79 Å². The van der Waals surface area contributed by atoms with Crippen LogP contribution in [0, 0.1) is 0 Å². The monoisotopic (exact) mass is 366 g/mol. The maximum Gasteiger partial charge on any atom is 0.253 e. The van der Waals surface area contributed by atoms with Crippen LogP contribution in [0.2, 0.25) is 5.02 Å². The highest BCUT2D eigenvalue weighted by atomic mass is 35.5. The highest BCUT2D eigenvalue weighted by Crippen LogP contribution is 2.19. The number of benzene rings is 2. The lowest BCUT2D eigenvalue weighted by atomic mass is 10.1. The molecule has 0 unspecified atom stereocenters. The molecule has 26 heavy (non-hydrogen) atoms. The minimum atomic E-state index is -0.205. The van der Waals surface area contributed by atoms with E-state index in [1.165, 1.54) is 16.4 Å². The number of nitrogens with one attached hydrogen (secondary N) is 1. The number of tetrazole rings is 1. The maximum absolute atomic E-state index is 12.6. The van der Waals surface area contributed by atoms with E-state index in [-0.39, 0.29) is 5.91 Å². The summed E-state index contributed by atoms with van der Waals surface area (Å²) < 4.78 is 3.53. The predicted molar refractivity (Wildman–Crippen MR) is 98.4 cm³/mol. The van der Waals surface area contributed by atoms with Gasteiger partial charge in [-0.1, -0.05) is 29.8 Å². The molecule has 1 amide bonds. The van der Waals surface area contributed by atoms with Gasteiger partial charge in [-0.25, -0.2) is 0 Å². The number of para-hydroxylation sites is 1. The van der Waals surface area contributed by atoms with Gasteiger partial charge in [-0.2, -0.15) is 4.68 Å². The topological polar surface area (TPSA) is 77.6 Å². The second-order valence-electron chi connectivity index (χ2n) is 5.74. The van der Waals surface area contributed by atoms with Gasteiger partial charge in [0.15, 0.2) is 0 Å². The summed E-state index contributed by atoms with van der Waals surface area (Å²) in [5, 5.41) is 15.7. The number of carbonyl (C=O) groups excluding carboxylic acids is 1. The van der Waals surface area contributed by atoms with E-state index in [1.54, 1.807) is 18.2 Å². The van der Waals surface area contributed by atoms with Crippen LogP contribution in [0.15, 0.2) is 61.1 Å². The number of halogens is 1. The molecule has 130 valence electrons. The van der Waals surface area contributed by atoms with Gasteiger partial charge in [0.2, 0.25) is 0 Å². The first-order valence-electron chi connectivity index (χ1n) is 8.07. The molecule has 0 fully saturated rings. The predicted octanol–water partition coefficient (Wildman–Crippen LogP) is 2.70. The first-order chi connectivity index (χ1) is 12.7. The van der Waals surface area contributed by atoms with E-state index in [1.807, 2.05) is 18.3 Å². The summed E-state index contributed by atoms with van der Waals surface area (Å²) >= 11 is 6.05. The van der Waals surface area contributed by atoms with Crippen molar-refractivity contribution < 1.29 is 4.79 Å². The number of carbonyl (C=O) groups is 1. The van der Waals surface area contributed by atoms with Crippen molar-refractivity contribution in [3.05, 3.63) is 71.6 Å². The largest absolute Gasteiger partial charge is 0.350 e. The van der Waals surface area contributed by atoms with Gasteiger partial charge in [-0.3, -0.25) is 4.79 Å². The Bertz CT molecular complexity index is 1060. The fourth-order valence-electron chi connectivity index (χ4n) is 2.88. The van der Waals surface area contributed by atoms with Crippen LogP contribution in [-0.2, 0) is 6.54 Å². The van der Waals surface area contributed by atoms with Gasteiger partial charge in [-0.15, -0.1) is 5.10 Å². The van der Waals surface area contributed by atoms with Crippen molar-refractivity contribution in [1.82, 2.24) is 30.1 Å². The molecule has 0 aliphatic heterocycles. The standard InChI is InChI=1S/C18H15ClN6O/c19-14-5-6-15(17(11-14)25-12-21-22-23-25)18(26)20-8-10-24-9-7-13-3-1-2-4-16(13)24/h1-7,9,11-12H,8,10H2,(H,20,26). The Hall–Kier alpha value is -3.19. The molecule has 2 aromatic heterocycles. The molecule has 7 nitrogen and oxygen atoms in total. The molecule has 0 atom stereocenters. The average molecular weight is 367 g/mol. The average Bonchev–Trinajstić information content (AvgIpc) is 3.32. The third-order valence-corrected chi connectivity index (χ3v) is 4.35. The van der Waals surface area contributed by atoms with Crippen LogP contribution >= 0.6 is 11.6 Å². The highest BCUT2D eigenvalue weighted by molar-refractivity contribution is 6.31. The lowest BCUT2D eigenvalue weighted by Gasteiger charge is -2.11. The molecule has 0 saturated heterocycles. The molecule has 0 bridgehead atoms. The van der Waals surface area contributed by atoms with Gasteiger partial charge < -0.3 is 9.88 Å². The molecule has 2 aromatic carbocycles. The molecule has 0 spiro atoms. The van der Waals surface area contributed by atoms with Crippen molar-refractivity contribution in [1.29, 1.82) is 0 Å². The Morgan fingerprint density at radius 3 is 2.88 bits per heavy atom. The summed E-state index contributed by atoms with van der Waals surface area (Å²) in [5.41, 5.74) is 2.13. The van der Waals surface area contributed by atoms with E-state index >= 15 is 0 Å². The van der Waals surface area contributed by atoms with Crippen LogP contribution < -0.4 is 5.32 Å². The SMILES string of the molecule is O=C(NCCn1ccc2ccccc21)c1ccc(Cl)cc1-n1cnnn1. The van der Waals surface area contributed by atoms with Crippen molar-refractivity contribution in [2.24, 2.45) is 0 Å². The van der Waals surface area contributed by atoms with E-state index in [2.05, 4.69) is 43.6 Å². The van der Waals surface area contributed by atoms with Gasteiger partial charge in [0.1, 0.15) is 6.33 Å². The second kappa shape index (κ2) is 6.97. The minimum Gasteiger partial charge on any atom is -0.350 e. The van der Waals surface area contributed by atoms with E-state index in [4.69, 9.17) is 11.6 Å². The van der Waals surface area contributed by atoms with Gasteiger partial charge in [0.25, 0.3) is 5.91 Å². The van der Waals surface area contributed by atoms with E-state index in [0.29, 0.717) is 29.4 Å². The molecule has 8 heteroatoms. The molecule has 2 heterocycles. The first-order valence-corrected chi connectivity index (χ1v) is 8.45. The van der Waals surface area contributed by atoms with Gasteiger partial charge in [0.05, 0.1) is 11.3 Å². The van der Waals surface area contributed by atoms with Crippen LogP contribution in [-0.4, -0.2) is 37.2 Å². The zero-order valence-corrected chi connectivity index (χ0v) is 14.5. The van der Waals surface area contributed by atoms with Gasteiger partial charge in [0, 0.05) is 29.8 Å². The smallest absolute Gasteiger partial charge is 0.253 e. The number of aromatic nitrogens is 5. The van der Waals surface area contributed by atoms with Crippen LogP contribution in [0.1, 0.15) is 10.4 Å². The number of amides is 1. The van der Waals surface area contributed by atoms with Gasteiger partial charge in [-0.05, 0) is 46.1 Å². The van der Waals surface area contributed by atoms with Crippen molar-refractivity contribution >= 4 is 28.4 Å². The summed E-state index contributed by atoms with van der Waals surface area (Å²) in [4.78, 5) is 12.6. The first kappa shape index (κ1) is 16.3. The fourth-order valence-corrected chi connectivity index (χ4v) is 3.05. The van der Waals surface area contributed by atoms with Crippen LogP contribution in [0.4, 0.5) is 0 Å². The lowest BCUT2D eigenvalue weighted by molar-refractivity contribution is 0.0952. The molecular weight excluding hydrogens is 352 g/mol. The zero-order valence-electron chi connectivity index (χ0n) is 13.7. The minimum absolute atomic E-state index is 0.205. The number of nitrogens with zero attached hydrogens (tertiary/aromatic N) is 5. The number of fused-ring (bicyclic) bond motifs is 1. The molecule has 4 rings (SSSR count).